The second-order valence-electron chi connectivity index (χ2n) is 7.26. The molecule has 28 heavy (non-hydrogen) atoms. The molecule has 0 atom stereocenters. The van der Waals surface area contributed by atoms with Gasteiger partial charge in [0.05, 0.1) is 16.1 Å². The molecule has 1 aliphatic rings. The standard InChI is InChI=1S/C21H20Cl2N2O2S/c1-14-8-10-25(11-9-14)21-18-12-16(23)4-7-19(18)24-13-20(21)28(26,27)17-5-2-15(22)3-6-17/h2-7,12-14H,8-11H2,1H3. The van der Waals surface area contributed by atoms with Gasteiger partial charge in [0, 0.05) is 34.7 Å². The van der Waals surface area contributed by atoms with Crippen molar-refractivity contribution in [1.82, 2.24) is 4.98 Å². The maximum Gasteiger partial charge on any atom is 0.210 e. The maximum atomic E-state index is 13.5. The lowest BCUT2D eigenvalue weighted by atomic mass is 9.98. The van der Waals surface area contributed by atoms with Crippen molar-refractivity contribution in [3.63, 3.8) is 0 Å². The van der Waals surface area contributed by atoms with E-state index in [0.717, 1.165) is 36.8 Å². The lowest BCUT2D eigenvalue weighted by Gasteiger charge is -2.34. The van der Waals surface area contributed by atoms with Gasteiger partial charge in [-0.2, -0.15) is 0 Å². The number of nitrogens with zero attached hydrogens (tertiary/aromatic N) is 2. The molecule has 1 aliphatic heterocycles. The Labute approximate surface area is 175 Å². The molecule has 146 valence electrons. The van der Waals surface area contributed by atoms with Crippen LogP contribution in [0, 0.1) is 5.92 Å². The number of halogens is 2. The topological polar surface area (TPSA) is 50.3 Å². The lowest BCUT2D eigenvalue weighted by Crippen LogP contribution is -2.34. The first-order chi connectivity index (χ1) is 13.4. The predicted octanol–water partition coefficient (Wildman–Crippen LogP) is 5.61. The molecule has 7 heteroatoms. The first kappa shape index (κ1) is 19.5. The fraction of sp³-hybridized carbons (Fsp3) is 0.286. The minimum Gasteiger partial charge on any atom is -0.370 e. The zero-order valence-electron chi connectivity index (χ0n) is 15.4. The van der Waals surface area contributed by atoms with Crippen LogP contribution in [0.1, 0.15) is 19.8 Å². The Morgan fingerprint density at radius 1 is 1.00 bits per heavy atom. The summed E-state index contributed by atoms with van der Waals surface area (Å²) >= 11 is 12.2. The van der Waals surface area contributed by atoms with E-state index in [1.807, 2.05) is 6.07 Å². The quantitative estimate of drug-likeness (QED) is 0.537. The van der Waals surface area contributed by atoms with Crippen LogP contribution in [-0.2, 0) is 9.84 Å². The number of hydrogen-bond donors (Lipinski definition) is 0. The van der Waals surface area contributed by atoms with Gasteiger partial charge < -0.3 is 4.90 Å². The highest BCUT2D eigenvalue weighted by Gasteiger charge is 2.28. The zero-order valence-corrected chi connectivity index (χ0v) is 17.7. The summed E-state index contributed by atoms with van der Waals surface area (Å²) in [6.45, 7) is 3.83. The van der Waals surface area contributed by atoms with Crippen LogP contribution < -0.4 is 4.90 Å². The highest BCUT2D eigenvalue weighted by Crippen LogP contribution is 2.38. The number of piperidine rings is 1. The van der Waals surface area contributed by atoms with Gasteiger partial charge in [-0.15, -0.1) is 0 Å². The number of fused-ring (bicyclic) bond motifs is 1. The Bertz CT molecular complexity index is 1120. The molecule has 0 amide bonds. The van der Waals surface area contributed by atoms with Gasteiger partial charge in [-0.1, -0.05) is 30.1 Å². The molecule has 0 N–H and O–H groups in total. The molecule has 0 bridgehead atoms. The predicted molar refractivity (Wildman–Crippen MR) is 114 cm³/mol. The van der Waals surface area contributed by atoms with Crippen LogP contribution in [0.5, 0.6) is 0 Å². The number of aromatic nitrogens is 1. The van der Waals surface area contributed by atoms with E-state index in [1.165, 1.54) is 18.3 Å². The first-order valence-electron chi connectivity index (χ1n) is 9.20. The van der Waals surface area contributed by atoms with Crippen LogP contribution in [0.4, 0.5) is 5.69 Å². The average molecular weight is 435 g/mol. The number of anilines is 1. The summed E-state index contributed by atoms with van der Waals surface area (Å²) in [4.78, 5) is 6.98. The highest BCUT2D eigenvalue weighted by molar-refractivity contribution is 7.91. The summed E-state index contributed by atoms with van der Waals surface area (Å²) in [7, 11) is -3.76. The molecule has 2 heterocycles. The van der Waals surface area contributed by atoms with E-state index >= 15 is 0 Å². The van der Waals surface area contributed by atoms with Gasteiger partial charge in [0.2, 0.25) is 9.84 Å². The molecule has 0 radical (unpaired) electrons. The van der Waals surface area contributed by atoms with Gasteiger partial charge in [0.1, 0.15) is 4.90 Å². The summed E-state index contributed by atoms with van der Waals surface area (Å²) in [6.07, 6.45) is 3.50. The van der Waals surface area contributed by atoms with Crippen LogP contribution in [0.2, 0.25) is 10.0 Å². The van der Waals surface area contributed by atoms with E-state index in [9.17, 15) is 8.42 Å². The van der Waals surface area contributed by atoms with E-state index in [0.29, 0.717) is 21.7 Å². The molecule has 0 saturated carbocycles. The first-order valence-corrected chi connectivity index (χ1v) is 11.4. The molecule has 4 nitrogen and oxygen atoms in total. The summed E-state index contributed by atoms with van der Waals surface area (Å²) < 4.78 is 26.9. The third-order valence-electron chi connectivity index (χ3n) is 5.28. The number of sulfone groups is 1. The lowest BCUT2D eigenvalue weighted by molar-refractivity contribution is 0.437. The largest absolute Gasteiger partial charge is 0.370 e. The average Bonchev–Trinajstić information content (AvgIpc) is 2.68. The molecule has 1 aromatic heterocycles. The van der Waals surface area contributed by atoms with Crippen LogP contribution in [0.15, 0.2) is 58.5 Å². The van der Waals surface area contributed by atoms with Crippen LogP contribution >= 0.6 is 23.2 Å². The molecule has 0 spiro atoms. The Hall–Kier alpha value is -1.82. The molecule has 4 rings (SSSR count). The van der Waals surface area contributed by atoms with Crippen molar-refractivity contribution in [2.24, 2.45) is 5.92 Å². The van der Waals surface area contributed by atoms with Crippen molar-refractivity contribution < 1.29 is 8.42 Å². The van der Waals surface area contributed by atoms with E-state index in [-0.39, 0.29) is 9.79 Å². The van der Waals surface area contributed by atoms with Gasteiger partial charge in [0.25, 0.3) is 0 Å². The SMILES string of the molecule is CC1CCN(c2c(S(=O)(=O)c3ccc(Cl)cc3)cnc3ccc(Cl)cc23)CC1. The third kappa shape index (κ3) is 3.59. The van der Waals surface area contributed by atoms with Gasteiger partial charge in [0.15, 0.2) is 0 Å². The smallest absolute Gasteiger partial charge is 0.210 e. The molecule has 0 aliphatic carbocycles. The van der Waals surface area contributed by atoms with Crippen molar-refractivity contribution in [3.8, 4) is 0 Å². The van der Waals surface area contributed by atoms with Crippen LogP contribution in [0.3, 0.4) is 0 Å². The van der Waals surface area contributed by atoms with E-state index < -0.39 is 9.84 Å². The van der Waals surface area contributed by atoms with Gasteiger partial charge >= 0.3 is 0 Å². The summed E-state index contributed by atoms with van der Waals surface area (Å²) in [6, 6.07) is 11.6. The molecule has 1 fully saturated rings. The molecule has 1 saturated heterocycles. The number of pyridine rings is 1. The zero-order chi connectivity index (χ0) is 19.9. The monoisotopic (exact) mass is 434 g/mol. The van der Waals surface area contributed by atoms with Crippen molar-refractivity contribution in [2.75, 3.05) is 18.0 Å². The summed E-state index contributed by atoms with van der Waals surface area (Å²) in [5.74, 6) is 0.629. The minimum atomic E-state index is -3.76. The van der Waals surface area contributed by atoms with E-state index in [2.05, 4.69) is 16.8 Å². The summed E-state index contributed by atoms with van der Waals surface area (Å²) in [5.41, 5.74) is 1.42. The van der Waals surface area contributed by atoms with Crippen molar-refractivity contribution >= 4 is 49.6 Å². The Morgan fingerprint density at radius 2 is 1.64 bits per heavy atom. The van der Waals surface area contributed by atoms with Crippen molar-refractivity contribution in [2.45, 2.75) is 29.6 Å². The molecule has 2 aromatic carbocycles. The Morgan fingerprint density at radius 3 is 2.32 bits per heavy atom. The minimum absolute atomic E-state index is 0.201. The van der Waals surface area contributed by atoms with E-state index in [4.69, 9.17) is 23.2 Å². The Kier molecular flexibility index (Phi) is 5.25. The molecule has 0 unspecified atom stereocenters. The fourth-order valence-corrected chi connectivity index (χ4v) is 5.36. The van der Waals surface area contributed by atoms with Gasteiger partial charge in [-0.05, 0) is 61.2 Å². The van der Waals surface area contributed by atoms with Gasteiger partial charge in [-0.25, -0.2) is 8.42 Å². The second kappa shape index (κ2) is 7.54. The number of rotatable bonds is 3. The van der Waals surface area contributed by atoms with Crippen molar-refractivity contribution in [1.29, 1.82) is 0 Å². The van der Waals surface area contributed by atoms with Crippen molar-refractivity contribution in [3.05, 3.63) is 58.7 Å². The third-order valence-corrected chi connectivity index (χ3v) is 7.54. The molecular weight excluding hydrogens is 415 g/mol. The Balaban J connectivity index is 1.95. The van der Waals surface area contributed by atoms with E-state index in [1.54, 1.807) is 24.3 Å². The fourth-order valence-electron chi connectivity index (χ4n) is 3.63. The second-order valence-corrected chi connectivity index (χ2v) is 10.1. The summed E-state index contributed by atoms with van der Waals surface area (Å²) in [5, 5.41) is 1.81. The van der Waals surface area contributed by atoms with Crippen LogP contribution in [0.25, 0.3) is 10.9 Å². The number of benzene rings is 2. The highest BCUT2D eigenvalue weighted by atomic mass is 35.5. The molecular formula is C21H20Cl2N2O2S. The van der Waals surface area contributed by atoms with Crippen LogP contribution in [-0.4, -0.2) is 26.5 Å². The van der Waals surface area contributed by atoms with Gasteiger partial charge in [-0.3, -0.25) is 4.98 Å². The normalized spacial score (nSPS) is 15.9. The maximum absolute atomic E-state index is 13.5. The number of hydrogen-bond acceptors (Lipinski definition) is 4. The molecule has 3 aromatic rings.